The number of aryl methyl sites for hydroxylation is 1. The Hall–Kier alpha value is -3.66. The van der Waals surface area contributed by atoms with E-state index in [1.54, 1.807) is 11.2 Å². The summed E-state index contributed by atoms with van der Waals surface area (Å²) >= 11 is 0. The molecule has 10 nitrogen and oxygen atoms in total. The maximum Gasteiger partial charge on any atom is 0.410 e. The highest BCUT2D eigenvalue weighted by Crippen LogP contribution is 2.29. The molecule has 2 fully saturated rings. The molecule has 4 heterocycles. The van der Waals surface area contributed by atoms with Gasteiger partial charge in [-0.05, 0) is 76.4 Å². The molecule has 2 aromatic heterocycles. The first-order chi connectivity index (χ1) is 18.2. The molecule has 0 unspecified atom stereocenters. The summed E-state index contributed by atoms with van der Waals surface area (Å²) in [6, 6.07) is 9.94. The number of carbonyl (C=O) groups is 1. The Balaban J connectivity index is 1.28. The van der Waals surface area contributed by atoms with Gasteiger partial charge in [-0.15, -0.1) is 0 Å². The number of hydrogen-bond acceptors (Lipinski definition) is 9. The summed E-state index contributed by atoms with van der Waals surface area (Å²) in [6.45, 7) is 11.6. The van der Waals surface area contributed by atoms with Gasteiger partial charge in [0, 0.05) is 38.5 Å². The molecule has 0 spiro atoms. The Labute approximate surface area is 223 Å². The summed E-state index contributed by atoms with van der Waals surface area (Å²) in [4.78, 5) is 30.1. The number of aromatic nitrogens is 3. The van der Waals surface area contributed by atoms with Gasteiger partial charge in [-0.25, -0.2) is 19.7 Å². The Morgan fingerprint density at radius 2 is 1.92 bits per heavy atom. The molecular weight excluding hydrogens is 484 g/mol. The molecule has 1 aromatic carbocycles. The van der Waals surface area contributed by atoms with E-state index in [4.69, 9.17) is 19.2 Å². The number of anilines is 3. The fourth-order valence-corrected chi connectivity index (χ4v) is 4.62. The number of nitrogens with zero attached hydrogens (tertiary/aromatic N) is 5. The first-order valence-corrected chi connectivity index (χ1v) is 13.2. The van der Waals surface area contributed by atoms with Gasteiger partial charge in [0.25, 0.3) is 0 Å². The van der Waals surface area contributed by atoms with E-state index in [1.807, 2.05) is 58.0 Å². The first-order valence-electron chi connectivity index (χ1n) is 13.2. The predicted octanol–water partition coefficient (Wildman–Crippen LogP) is 4.69. The van der Waals surface area contributed by atoms with Crippen LogP contribution in [0.25, 0.3) is 11.0 Å². The van der Waals surface area contributed by atoms with E-state index >= 15 is 0 Å². The van der Waals surface area contributed by atoms with Crippen LogP contribution in [0, 0.1) is 6.92 Å². The lowest BCUT2D eigenvalue weighted by Crippen LogP contribution is -2.50. The van der Waals surface area contributed by atoms with Gasteiger partial charge in [0.1, 0.15) is 35.1 Å². The van der Waals surface area contributed by atoms with Crippen molar-refractivity contribution in [1.82, 2.24) is 19.9 Å². The van der Waals surface area contributed by atoms with Crippen LogP contribution in [0.4, 0.5) is 22.1 Å². The van der Waals surface area contributed by atoms with Crippen LogP contribution >= 0.6 is 0 Å². The van der Waals surface area contributed by atoms with Crippen molar-refractivity contribution in [3.63, 3.8) is 0 Å². The molecule has 1 N–H and O–H groups in total. The SMILES string of the molecule is Cc1cc(Nc2ncnc3ccc(N4CCN(C(=O)OC(C)(C)C)CC4)nc23)ccc1O[C@@H]1CCCOC1. The Morgan fingerprint density at radius 3 is 2.63 bits per heavy atom. The molecule has 202 valence electrons. The van der Waals surface area contributed by atoms with E-state index in [1.165, 1.54) is 0 Å². The number of ether oxygens (including phenoxy) is 3. The summed E-state index contributed by atoms with van der Waals surface area (Å²) in [7, 11) is 0. The van der Waals surface area contributed by atoms with E-state index in [0.29, 0.717) is 44.1 Å². The van der Waals surface area contributed by atoms with Gasteiger partial charge in [0.2, 0.25) is 0 Å². The van der Waals surface area contributed by atoms with Crippen LogP contribution < -0.4 is 15.0 Å². The molecule has 5 rings (SSSR count). The summed E-state index contributed by atoms with van der Waals surface area (Å²) in [6.07, 6.45) is 3.40. The van der Waals surface area contributed by atoms with Gasteiger partial charge in [0.05, 0.1) is 12.1 Å². The molecule has 38 heavy (non-hydrogen) atoms. The monoisotopic (exact) mass is 520 g/mol. The number of pyridine rings is 1. The minimum absolute atomic E-state index is 0.0979. The van der Waals surface area contributed by atoms with Crippen molar-refractivity contribution in [1.29, 1.82) is 0 Å². The highest BCUT2D eigenvalue weighted by atomic mass is 16.6. The Kier molecular flexibility index (Phi) is 7.51. The average molecular weight is 521 g/mol. The van der Waals surface area contributed by atoms with Gasteiger partial charge in [-0.1, -0.05) is 0 Å². The van der Waals surface area contributed by atoms with Crippen LogP contribution in [0.1, 0.15) is 39.2 Å². The molecule has 1 amide bonds. The predicted molar refractivity (Wildman–Crippen MR) is 146 cm³/mol. The van der Waals surface area contributed by atoms with Gasteiger partial charge < -0.3 is 29.3 Å². The third kappa shape index (κ3) is 6.24. The number of fused-ring (bicyclic) bond motifs is 1. The van der Waals surface area contributed by atoms with Crippen molar-refractivity contribution in [2.24, 2.45) is 0 Å². The second-order valence-corrected chi connectivity index (χ2v) is 10.8. The fraction of sp³-hybridized carbons (Fsp3) is 0.500. The number of benzene rings is 1. The molecule has 3 aromatic rings. The fourth-order valence-electron chi connectivity index (χ4n) is 4.62. The highest BCUT2D eigenvalue weighted by Gasteiger charge is 2.26. The summed E-state index contributed by atoms with van der Waals surface area (Å²) in [5.74, 6) is 2.33. The molecular formula is C28H36N6O4. The average Bonchev–Trinajstić information content (AvgIpc) is 2.90. The van der Waals surface area contributed by atoms with Crippen molar-refractivity contribution >= 4 is 34.4 Å². The normalized spacial score (nSPS) is 18.4. The molecule has 2 aliphatic rings. The second-order valence-electron chi connectivity index (χ2n) is 10.8. The minimum atomic E-state index is -0.506. The zero-order valence-corrected chi connectivity index (χ0v) is 22.6. The topological polar surface area (TPSA) is 102 Å². The lowest BCUT2D eigenvalue weighted by atomic mass is 10.1. The second kappa shape index (κ2) is 11.0. The molecule has 2 aliphatic heterocycles. The van der Waals surface area contributed by atoms with Crippen molar-refractivity contribution in [3.05, 3.63) is 42.2 Å². The standard InChI is InChI=1S/C28H36N6O4/c1-19-16-20(7-9-23(19)37-21-6-5-15-36-17-21)31-26-25-22(29-18-30-26)8-10-24(32-25)33-11-13-34(14-12-33)27(35)38-28(2,3)4/h7-10,16,18,21H,5-6,11-15,17H2,1-4H3,(H,29,30,31)/t21-/m1/s1. The zero-order valence-electron chi connectivity index (χ0n) is 22.6. The molecule has 0 bridgehead atoms. The third-order valence-electron chi connectivity index (χ3n) is 6.57. The van der Waals surface area contributed by atoms with Crippen molar-refractivity contribution in [2.75, 3.05) is 49.6 Å². The maximum atomic E-state index is 12.4. The van der Waals surface area contributed by atoms with Crippen LogP contribution in [-0.2, 0) is 9.47 Å². The number of nitrogens with one attached hydrogen (secondary N) is 1. The molecule has 2 saturated heterocycles. The van der Waals surface area contributed by atoms with E-state index in [-0.39, 0.29) is 12.2 Å². The molecule has 0 saturated carbocycles. The van der Waals surface area contributed by atoms with Crippen molar-refractivity contribution in [2.45, 2.75) is 52.2 Å². The van der Waals surface area contributed by atoms with Crippen LogP contribution in [0.2, 0.25) is 0 Å². The molecule has 10 heteroatoms. The first kappa shape index (κ1) is 26.0. The van der Waals surface area contributed by atoms with Crippen LogP contribution in [0.15, 0.2) is 36.7 Å². The number of carbonyl (C=O) groups excluding carboxylic acids is 1. The molecule has 0 radical (unpaired) electrons. The van der Waals surface area contributed by atoms with E-state index in [2.05, 4.69) is 20.2 Å². The largest absolute Gasteiger partial charge is 0.488 e. The van der Waals surface area contributed by atoms with Crippen molar-refractivity contribution in [3.8, 4) is 5.75 Å². The number of amides is 1. The van der Waals surface area contributed by atoms with E-state index < -0.39 is 5.60 Å². The lowest BCUT2D eigenvalue weighted by Gasteiger charge is -2.36. The van der Waals surface area contributed by atoms with Gasteiger partial charge in [0.15, 0.2) is 5.82 Å². The van der Waals surface area contributed by atoms with Gasteiger partial charge in [-0.2, -0.15) is 0 Å². The number of rotatable bonds is 5. The summed E-state index contributed by atoms with van der Waals surface area (Å²) in [5, 5.41) is 3.41. The molecule has 1 atom stereocenters. The minimum Gasteiger partial charge on any atom is -0.488 e. The third-order valence-corrected chi connectivity index (χ3v) is 6.57. The van der Waals surface area contributed by atoms with E-state index in [0.717, 1.165) is 47.8 Å². The number of piperazine rings is 1. The summed E-state index contributed by atoms with van der Waals surface area (Å²) in [5.41, 5.74) is 2.88. The van der Waals surface area contributed by atoms with Crippen LogP contribution in [0.3, 0.4) is 0 Å². The Morgan fingerprint density at radius 1 is 1.11 bits per heavy atom. The van der Waals surface area contributed by atoms with Gasteiger partial charge >= 0.3 is 6.09 Å². The maximum absolute atomic E-state index is 12.4. The van der Waals surface area contributed by atoms with E-state index in [9.17, 15) is 4.79 Å². The Bertz CT molecular complexity index is 1280. The van der Waals surface area contributed by atoms with Crippen LogP contribution in [0.5, 0.6) is 5.75 Å². The highest BCUT2D eigenvalue weighted by molar-refractivity contribution is 5.88. The smallest absolute Gasteiger partial charge is 0.410 e. The summed E-state index contributed by atoms with van der Waals surface area (Å²) < 4.78 is 17.2. The van der Waals surface area contributed by atoms with Crippen molar-refractivity contribution < 1.29 is 19.0 Å². The lowest BCUT2D eigenvalue weighted by molar-refractivity contribution is 0.00716. The number of hydrogen-bond donors (Lipinski definition) is 1. The zero-order chi connectivity index (χ0) is 26.7. The quantitative estimate of drug-likeness (QED) is 0.513. The van der Waals surface area contributed by atoms with Gasteiger partial charge in [-0.3, -0.25) is 0 Å². The van der Waals surface area contributed by atoms with Crippen LogP contribution in [-0.4, -0.2) is 77.0 Å². The molecule has 0 aliphatic carbocycles.